The maximum atomic E-state index is 14.7. The summed E-state index contributed by atoms with van der Waals surface area (Å²) in [6, 6.07) is 16.3. The van der Waals surface area contributed by atoms with Crippen molar-refractivity contribution in [1.29, 1.82) is 0 Å². The van der Waals surface area contributed by atoms with Crippen LogP contribution in [0.4, 0.5) is 18.9 Å². The van der Waals surface area contributed by atoms with Crippen LogP contribution >= 0.6 is 11.6 Å². The van der Waals surface area contributed by atoms with Crippen LogP contribution in [0.15, 0.2) is 84.0 Å². The number of anilines is 1. The van der Waals surface area contributed by atoms with E-state index in [0.29, 0.717) is 28.6 Å². The smallest absolute Gasteiger partial charge is 0.490 e. The molecular weight excluding hydrogens is 717 g/mol. The highest BCUT2D eigenvalue weighted by Crippen LogP contribution is 2.43. The molecular formula is C34H34ClF3N4O8S. The minimum absolute atomic E-state index is 0.00729. The van der Waals surface area contributed by atoms with Crippen LogP contribution in [0.3, 0.4) is 0 Å². The molecule has 0 radical (unpaired) electrons. The topological polar surface area (TPSA) is 180 Å². The van der Waals surface area contributed by atoms with Gasteiger partial charge in [-0.3, -0.25) is 19.6 Å². The van der Waals surface area contributed by atoms with E-state index in [1.54, 1.807) is 54.9 Å². The molecule has 1 aliphatic rings. The van der Waals surface area contributed by atoms with Gasteiger partial charge in [-0.1, -0.05) is 48.9 Å². The molecule has 17 heteroatoms. The van der Waals surface area contributed by atoms with Crippen molar-refractivity contribution in [1.82, 2.24) is 9.88 Å². The molecule has 4 aromatic rings. The van der Waals surface area contributed by atoms with E-state index < -0.39 is 51.9 Å². The first kappa shape index (κ1) is 38.9. The summed E-state index contributed by atoms with van der Waals surface area (Å²) in [5.41, 5.74) is 1.25. The number of halogens is 4. The number of carboxylic acid groups (broad SMARTS) is 2. The Bertz CT molecular complexity index is 2030. The van der Waals surface area contributed by atoms with Gasteiger partial charge in [0, 0.05) is 24.3 Å². The molecule has 0 bridgehead atoms. The van der Waals surface area contributed by atoms with E-state index in [2.05, 4.69) is 4.98 Å². The average molecular weight is 751 g/mol. The summed E-state index contributed by atoms with van der Waals surface area (Å²) in [5.74, 6) is 1.56. The largest absolute Gasteiger partial charge is 0.492 e. The Morgan fingerprint density at radius 3 is 2.37 bits per heavy atom. The number of sulfone groups is 1. The summed E-state index contributed by atoms with van der Waals surface area (Å²) in [7, 11) is -3.74. The highest BCUT2D eigenvalue weighted by Gasteiger charge is 2.46. The van der Waals surface area contributed by atoms with Gasteiger partial charge in [0.05, 0.1) is 39.9 Å². The lowest BCUT2D eigenvalue weighted by Crippen LogP contribution is -2.47. The van der Waals surface area contributed by atoms with Crippen molar-refractivity contribution in [2.24, 2.45) is 11.8 Å². The Balaban J connectivity index is 0.000000755. The van der Waals surface area contributed by atoms with Gasteiger partial charge in [-0.15, -0.1) is 0 Å². The van der Waals surface area contributed by atoms with Gasteiger partial charge in [-0.05, 0) is 66.3 Å². The van der Waals surface area contributed by atoms with Gasteiger partial charge < -0.3 is 19.8 Å². The van der Waals surface area contributed by atoms with Crippen molar-refractivity contribution in [3.05, 3.63) is 95.3 Å². The van der Waals surface area contributed by atoms with Crippen LogP contribution < -0.4 is 15.6 Å². The van der Waals surface area contributed by atoms with Gasteiger partial charge in [0.2, 0.25) is 0 Å². The van der Waals surface area contributed by atoms with Crippen molar-refractivity contribution in [2.45, 2.75) is 43.4 Å². The second-order valence-corrected chi connectivity index (χ2v) is 13.9. The van der Waals surface area contributed by atoms with Crippen LogP contribution in [0.1, 0.15) is 43.5 Å². The van der Waals surface area contributed by atoms with E-state index in [9.17, 15) is 36.3 Å². The van der Waals surface area contributed by atoms with Gasteiger partial charge in [-0.25, -0.2) is 19.1 Å². The van der Waals surface area contributed by atoms with Crippen molar-refractivity contribution >= 4 is 55.7 Å². The molecule has 0 aliphatic carbocycles. The number of amides is 1. The highest BCUT2D eigenvalue weighted by atomic mass is 35.5. The molecule has 1 aliphatic heterocycles. The second-order valence-electron chi connectivity index (χ2n) is 11.3. The number of hydrazine groups is 1. The Kier molecular flexibility index (Phi) is 12.2. The molecule has 1 fully saturated rings. The number of pyridine rings is 1. The first-order valence-electron chi connectivity index (χ1n) is 15.5. The van der Waals surface area contributed by atoms with Gasteiger partial charge in [0.1, 0.15) is 11.8 Å². The number of fused-ring (bicyclic) bond motifs is 1. The monoisotopic (exact) mass is 750 g/mol. The minimum atomic E-state index is -5.08. The number of carbonyl (C=O) groups excluding carboxylic acids is 1. The van der Waals surface area contributed by atoms with Crippen LogP contribution in [-0.2, 0) is 24.2 Å². The van der Waals surface area contributed by atoms with Gasteiger partial charge in [0.15, 0.2) is 9.84 Å². The Morgan fingerprint density at radius 1 is 1.06 bits per heavy atom. The number of hydrogen-bond donors (Lipinski definition) is 3. The number of carbonyl (C=O) groups is 3. The molecule has 2 heterocycles. The van der Waals surface area contributed by atoms with E-state index in [-0.39, 0.29) is 29.2 Å². The van der Waals surface area contributed by atoms with Crippen molar-refractivity contribution in [3.63, 3.8) is 0 Å². The third-order valence-corrected chi connectivity index (χ3v) is 10.3. The molecule has 51 heavy (non-hydrogen) atoms. The molecule has 1 amide bonds. The average Bonchev–Trinajstić information content (AvgIpc) is 3.55. The molecule has 2 unspecified atom stereocenters. The zero-order valence-corrected chi connectivity index (χ0v) is 28.8. The van der Waals surface area contributed by atoms with E-state index in [4.69, 9.17) is 32.1 Å². The summed E-state index contributed by atoms with van der Waals surface area (Å²) < 4.78 is 63.7. The van der Waals surface area contributed by atoms with Crippen molar-refractivity contribution < 1.29 is 50.9 Å². The van der Waals surface area contributed by atoms with E-state index in [1.165, 1.54) is 22.9 Å². The van der Waals surface area contributed by atoms with E-state index in [0.717, 1.165) is 10.8 Å². The molecule has 1 saturated heterocycles. The third kappa shape index (κ3) is 8.69. The lowest BCUT2D eigenvalue weighted by atomic mass is 9.93. The summed E-state index contributed by atoms with van der Waals surface area (Å²) >= 11 is 6.39. The van der Waals surface area contributed by atoms with Crippen LogP contribution in [0.25, 0.3) is 10.8 Å². The van der Waals surface area contributed by atoms with Gasteiger partial charge in [0.25, 0.3) is 5.91 Å². The number of alkyl halides is 3. The predicted molar refractivity (Wildman–Crippen MR) is 182 cm³/mol. The Labute approximate surface area is 296 Å². The van der Waals surface area contributed by atoms with Crippen molar-refractivity contribution in [2.75, 3.05) is 23.9 Å². The molecule has 1 aromatic heterocycles. The standard InChI is InChI=1S/C32H33ClN4O6S.C2HF3O2/c1-3-43-27-18-21(10-12-26(27)33)29(37(34)23-11-9-22-19-35-15-13-20(22)17-23)31(38)36-16-14-25(32(39)40)30(36)24-7-5-6-8-28(24)44(41,42)4-2;3-2(4,5)1(6)7/h5-13,15,17-19,25,29-30H,3-4,14,16,34H2,1-2H3,(H,39,40);(H,6,7)/t25?,29-,30?;/m1./s1. The van der Waals surface area contributed by atoms with Crippen LogP contribution in [0.5, 0.6) is 5.75 Å². The number of likely N-dealkylation sites (tertiary alicyclic amines) is 1. The zero-order valence-electron chi connectivity index (χ0n) is 27.2. The number of benzene rings is 3. The minimum Gasteiger partial charge on any atom is -0.492 e. The number of ether oxygens (including phenoxy) is 1. The Morgan fingerprint density at radius 2 is 1.75 bits per heavy atom. The first-order valence-corrected chi connectivity index (χ1v) is 17.5. The third-order valence-electron chi connectivity index (χ3n) is 8.20. The summed E-state index contributed by atoms with van der Waals surface area (Å²) in [4.78, 5) is 41.7. The molecule has 272 valence electrons. The number of nitrogens with two attached hydrogens (primary N) is 1. The summed E-state index contributed by atoms with van der Waals surface area (Å²) in [5, 5.41) is 20.8. The number of hydrogen-bond acceptors (Lipinski definition) is 9. The van der Waals surface area contributed by atoms with Crippen LogP contribution in [0.2, 0.25) is 5.02 Å². The normalized spacial score (nSPS) is 16.6. The van der Waals surface area contributed by atoms with Crippen LogP contribution in [0, 0.1) is 5.92 Å². The molecule has 3 atom stereocenters. The number of rotatable bonds is 10. The van der Waals surface area contributed by atoms with Crippen molar-refractivity contribution in [3.8, 4) is 5.75 Å². The quantitative estimate of drug-likeness (QED) is 0.132. The predicted octanol–water partition coefficient (Wildman–Crippen LogP) is 5.81. The number of aromatic nitrogens is 1. The lowest BCUT2D eigenvalue weighted by Gasteiger charge is -2.36. The molecule has 0 saturated carbocycles. The van der Waals surface area contributed by atoms with Gasteiger partial charge >= 0.3 is 18.1 Å². The van der Waals surface area contributed by atoms with E-state index in [1.807, 2.05) is 25.1 Å². The summed E-state index contributed by atoms with van der Waals surface area (Å²) in [6.45, 7) is 3.76. The first-order chi connectivity index (χ1) is 24.0. The Hall–Kier alpha value is -4.93. The molecule has 4 N–H and O–H groups in total. The lowest BCUT2D eigenvalue weighted by molar-refractivity contribution is -0.192. The fourth-order valence-corrected chi connectivity index (χ4v) is 7.08. The molecule has 3 aromatic carbocycles. The maximum Gasteiger partial charge on any atom is 0.490 e. The molecule has 0 spiro atoms. The molecule has 5 rings (SSSR count). The maximum absolute atomic E-state index is 14.7. The van der Waals surface area contributed by atoms with E-state index >= 15 is 0 Å². The fourth-order valence-electron chi connectivity index (χ4n) is 5.76. The fraction of sp³-hybridized carbons (Fsp3) is 0.294. The SMILES string of the molecule is CCOc1cc([C@H](C(=O)N2CCC(C(=O)O)C2c2ccccc2S(=O)(=O)CC)N(N)c2ccc3cnccc3c2)ccc1Cl.O=C(O)C(F)(F)F. The highest BCUT2D eigenvalue weighted by molar-refractivity contribution is 7.91. The van der Waals surface area contributed by atoms with Crippen LogP contribution in [-0.4, -0.2) is 71.4 Å². The van der Waals surface area contributed by atoms with Gasteiger partial charge in [-0.2, -0.15) is 13.2 Å². The summed E-state index contributed by atoms with van der Waals surface area (Å²) in [6.07, 6.45) is -1.57. The number of nitrogens with zero attached hydrogens (tertiary/aromatic N) is 3. The number of aliphatic carboxylic acids is 2. The number of carboxylic acids is 2. The second kappa shape index (κ2) is 16.0. The zero-order chi connectivity index (χ0) is 37.7. The molecule has 12 nitrogen and oxygen atoms in total.